The summed E-state index contributed by atoms with van der Waals surface area (Å²) in [5.41, 5.74) is 6.19. The van der Waals surface area contributed by atoms with Crippen LogP contribution in [0.2, 0.25) is 0 Å². The molecule has 70 valence electrons. The molecule has 0 fully saturated rings. The van der Waals surface area contributed by atoms with E-state index in [1.165, 1.54) is 0 Å². The molecule has 1 N–H and O–H groups in total. The zero-order valence-corrected chi connectivity index (χ0v) is 6.77. The molecule has 0 bridgehead atoms. The number of ether oxygens (including phenoxy) is 2. The normalized spacial score (nSPS) is 9.25. The highest BCUT2D eigenvalue weighted by atomic mass is 16.9. The molecule has 0 aromatic carbocycles. The van der Waals surface area contributed by atoms with Crippen LogP contribution < -0.4 is 0 Å². The van der Waals surface area contributed by atoms with Crippen LogP contribution >= 0.6 is 0 Å². The van der Waals surface area contributed by atoms with Gasteiger partial charge in [0.25, 0.3) is 0 Å². The second kappa shape index (κ2) is 5.16. The first-order valence-corrected chi connectivity index (χ1v) is 3.17. The summed E-state index contributed by atoms with van der Waals surface area (Å²) in [5.74, 6) is 0. The van der Waals surface area contributed by atoms with Crippen molar-refractivity contribution in [2.24, 2.45) is 0 Å². The molecular formula is C5H10N2O5. The third-order valence-corrected chi connectivity index (χ3v) is 0.679. The zero-order chi connectivity index (χ0) is 9.56. The van der Waals surface area contributed by atoms with Gasteiger partial charge in [-0.1, -0.05) is 0 Å². The lowest BCUT2D eigenvalue weighted by Gasteiger charge is -2.08. The Hall–Kier alpha value is -1.53. The van der Waals surface area contributed by atoms with Gasteiger partial charge in [-0.2, -0.15) is 0 Å². The van der Waals surface area contributed by atoms with Gasteiger partial charge in [0.15, 0.2) is 5.02 Å². The average molecular weight is 178 g/mol. The Balaban J connectivity index is 3.38. The molecule has 7 heteroatoms. The van der Waals surface area contributed by atoms with Crippen molar-refractivity contribution in [1.82, 2.24) is 0 Å². The van der Waals surface area contributed by atoms with Gasteiger partial charge in [-0.05, 0) is 13.8 Å². The van der Waals surface area contributed by atoms with Gasteiger partial charge in [0.1, 0.15) is 0 Å². The first-order valence-electron chi connectivity index (χ1n) is 3.17. The Morgan fingerprint density at radius 1 is 1.67 bits per heavy atom. The molecule has 0 aromatic rings. The fourth-order valence-corrected chi connectivity index (χ4v) is 0.349. The Kier molecular flexibility index (Phi) is 4.51. The maximum atomic E-state index is 10.5. The predicted octanol–water partition coefficient (Wildman–Crippen LogP) is 0.978. The van der Waals surface area contributed by atoms with Gasteiger partial charge in [-0.25, -0.2) is 10.0 Å². The molecule has 0 saturated heterocycles. The quantitative estimate of drug-likeness (QED) is 0.299. The van der Waals surface area contributed by atoms with Crippen molar-refractivity contribution < 1.29 is 24.1 Å². The van der Waals surface area contributed by atoms with Crippen LogP contribution in [0, 0.1) is 10.7 Å². The second-order valence-electron chi connectivity index (χ2n) is 2.07. The van der Waals surface area contributed by atoms with Crippen molar-refractivity contribution in [3.8, 4) is 0 Å². The fraction of sp³-hybridized carbons (Fsp3) is 0.800. The molecule has 0 rings (SSSR count). The maximum absolute atomic E-state index is 10.5. The van der Waals surface area contributed by atoms with Crippen LogP contribution in [0.15, 0.2) is 0 Å². The zero-order valence-electron chi connectivity index (χ0n) is 6.77. The van der Waals surface area contributed by atoms with Crippen molar-refractivity contribution in [1.29, 1.82) is 5.53 Å². The van der Waals surface area contributed by atoms with Gasteiger partial charge < -0.3 is 14.3 Å². The van der Waals surface area contributed by atoms with Crippen molar-refractivity contribution in [2.75, 3.05) is 6.79 Å². The number of nitrogens with one attached hydrogen (secondary N) is 1. The molecular weight excluding hydrogens is 168 g/mol. The summed E-state index contributed by atoms with van der Waals surface area (Å²) in [6.45, 7) is 2.66. The second-order valence-corrected chi connectivity index (χ2v) is 2.07. The standard InChI is InChI=1S/C5H10N2O5/c1-4(2)12-5(8)10-3-11-7(6)9/h4,6H,3H2,1-2H3. The van der Waals surface area contributed by atoms with Gasteiger partial charge in [-0.3, -0.25) is 0 Å². The molecule has 0 aliphatic carbocycles. The largest absolute Gasteiger partial charge is 0.509 e. The van der Waals surface area contributed by atoms with E-state index in [-0.39, 0.29) is 6.10 Å². The SMILES string of the molecule is CC(C)OC(=O)OCO[N+](=N)[O-]. The molecule has 0 unspecified atom stereocenters. The first kappa shape index (κ1) is 10.5. The fourth-order valence-electron chi connectivity index (χ4n) is 0.349. The maximum Gasteiger partial charge on any atom is 0.509 e. The first-order chi connectivity index (χ1) is 5.52. The molecule has 0 aliphatic heterocycles. The van der Waals surface area contributed by atoms with Crippen LogP contribution in [-0.2, 0) is 14.3 Å². The number of hydrogen-bond donors (Lipinski definition) is 1. The molecule has 0 radical (unpaired) electrons. The summed E-state index contributed by atoms with van der Waals surface area (Å²) in [7, 11) is 0. The van der Waals surface area contributed by atoms with Crippen LogP contribution in [0.4, 0.5) is 4.79 Å². The Labute approximate surface area is 68.9 Å². The Bertz CT molecular complexity index is 169. The summed E-state index contributed by atoms with van der Waals surface area (Å²) in [5, 5.41) is 9.21. The molecule has 7 nitrogen and oxygen atoms in total. The van der Waals surface area contributed by atoms with Crippen molar-refractivity contribution in [2.45, 2.75) is 20.0 Å². The van der Waals surface area contributed by atoms with E-state index in [1.807, 2.05) is 0 Å². The highest BCUT2D eigenvalue weighted by Crippen LogP contribution is 1.92. The Morgan fingerprint density at radius 2 is 2.25 bits per heavy atom. The molecule has 0 spiro atoms. The number of rotatable bonds is 4. The monoisotopic (exact) mass is 178 g/mol. The third kappa shape index (κ3) is 6.59. The highest BCUT2D eigenvalue weighted by Gasteiger charge is 2.05. The van der Waals surface area contributed by atoms with Gasteiger partial charge in [0, 0.05) is 5.53 Å². The summed E-state index contributed by atoms with van der Waals surface area (Å²) >= 11 is 0. The van der Waals surface area contributed by atoms with Crippen LogP contribution in [0.1, 0.15) is 13.8 Å². The van der Waals surface area contributed by atoms with Crippen molar-refractivity contribution >= 4 is 6.16 Å². The van der Waals surface area contributed by atoms with E-state index in [9.17, 15) is 10.0 Å². The third-order valence-electron chi connectivity index (χ3n) is 0.679. The Morgan fingerprint density at radius 3 is 2.67 bits per heavy atom. The number of hydrogen-bond acceptors (Lipinski definition) is 6. The smallest absolute Gasteiger partial charge is 0.432 e. The molecule has 0 aromatic heterocycles. The lowest BCUT2D eigenvalue weighted by molar-refractivity contribution is -0.813. The summed E-state index contributed by atoms with van der Waals surface area (Å²) in [6.07, 6.45) is -1.23. The molecule has 0 heterocycles. The van der Waals surface area contributed by atoms with Crippen molar-refractivity contribution in [3.05, 3.63) is 5.21 Å². The minimum Gasteiger partial charge on any atom is -0.432 e. The summed E-state index contributed by atoms with van der Waals surface area (Å²) < 4.78 is 8.73. The summed E-state index contributed by atoms with van der Waals surface area (Å²) in [6, 6.07) is 0. The average Bonchev–Trinajstić information content (AvgIpc) is 1.84. The van der Waals surface area contributed by atoms with E-state index >= 15 is 0 Å². The number of carbonyl (C=O) groups is 1. The predicted molar refractivity (Wildman–Crippen MR) is 35.0 cm³/mol. The molecule has 0 saturated carbocycles. The molecule has 0 amide bonds. The van der Waals surface area contributed by atoms with E-state index in [0.29, 0.717) is 0 Å². The molecule has 0 atom stereocenters. The van der Waals surface area contributed by atoms with Gasteiger partial charge in [0.2, 0.25) is 6.79 Å². The topological polar surface area (TPSA) is 94.7 Å². The highest BCUT2D eigenvalue weighted by molar-refractivity contribution is 5.59. The van der Waals surface area contributed by atoms with Gasteiger partial charge in [0.05, 0.1) is 6.10 Å². The number of nitrogens with zero attached hydrogens (tertiary/aromatic N) is 1. The van der Waals surface area contributed by atoms with Crippen LogP contribution in [0.5, 0.6) is 0 Å². The van der Waals surface area contributed by atoms with E-state index in [2.05, 4.69) is 14.3 Å². The number of carbonyl (C=O) groups excluding carboxylic acids is 1. The van der Waals surface area contributed by atoms with Gasteiger partial charge >= 0.3 is 6.16 Å². The van der Waals surface area contributed by atoms with E-state index in [4.69, 9.17) is 5.53 Å². The van der Waals surface area contributed by atoms with E-state index in [1.54, 1.807) is 13.8 Å². The minimum absolute atomic E-state index is 0.295. The lowest BCUT2D eigenvalue weighted by Crippen LogP contribution is -2.16. The molecule has 12 heavy (non-hydrogen) atoms. The van der Waals surface area contributed by atoms with E-state index < -0.39 is 18.0 Å². The lowest BCUT2D eigenvalue weighted by atomic mass is 10.5. The van der Waals surface area contributed by atoms with Crippen molar-refractivity contribution in [3.63, 3.8) is 0 Å². The summed E-state index contributed by atoms with van der Waals surface area (Å²) in [4.78, 5) is 14.4. The van der Waals surface area contributed by atoms with Gasteiger partial charge in [-0.15, -0.1) is 0 Å². The van der Waals surface area contributed by atoms with Crippen LogP contribution in [0.25, 0.3) is 0 Å². The van der Waals surface area contributed by atoms with Crippen LogP contribution in [-0.4, -0.2) is 24.1 Å². The van der Waals surface area contributed by atoms with Crippen LogP contribution in [0.3, 0.4) is 0 Å². The van der Waals surface area contributed by atoms with E-state index in [0.717, 1.165) is 0 Å². The minimum atomic E-state index is -0.938. The molecule has 0 aliphatic rings.